The number of Topliss-reactive ketones (excluding diaryl/α,β-unsaturated/α-hetero) is 1. The number of benzene rings is 2. The zero-order valence-electron chi connectivity index (χ0n) is 14.1. The van der Waals surface area contributed by atoms with Gasteiger partial charge in [0.1, 0.15) is 17.4 Å². The van der Waals surface area contributed by atoms with Crippen LogP contribution in [-0.2, 0) is 9.59 Å². The molecule has 2 aromatic carbocycles. The van der Waals surface area contributed by atoms with Gasteiger partial charge in [0.15, 0.2) is 0 Å². The fourth-order valence-corrected chi connectivity index (χ4v) is 3.11. The Morgan fingerprint density at radius 2 is 1.54 bits per heavy atom. The Bertz CT molecular complexity index is 873. The number of halogens is 2. The molecule has 0 radical (unpaired) electrons. The maximum absolute atomic E-state index is 13.3. The molecule has 1 aliphatic rings. The van der Waals surface area contributed by atoms with Crippen LogP contribution in [0.2, 0.25) is 0 Å². The number of carbonyl (C=O) groups is 2. The number of likely N-dealkylation sites (tertiary alicyclic amines) is 1. The Morgan fingerprint density at radius 1 is 1.00 bits per heavy atom. The molecule has 1 fully saturated rings. The van der Waals surface area contributed by atoms with Gasteiger partial charge in [-0.15, -0.1) is 0 Å². The van der Waals surface area contributed by atoms with E-state index in [0.717, 1.165) is 12.1 Å². The van der Waals surface area contributed by atoms with E-state index in [1.54, 1.807) is 0 Å². The van der Waals surface area contributed by atoms with E-state index in [-0.39, 0.29) is 16.9 Å². The summed E-state index contributed by atoms with van der Waals surface area (Å²) in [6.45, 7) is 2.17. The Morgan fingerprint density at radius 3 is 2.08 bits per heavy atom. The molecule has 1 aliphatic heterocycles. The van der Waals surface area contributed by atoms with Crippen molar-refractivity contribution >= 4 is 17.4 Å². The summed E-state index contributed by atoms with van der Waals surface area (Å²) < 4.78 is 26.4. The van der Waals surface area contributed by atoms with Crippen molar-refractivity contribution < 1.29 is 23.5 Å². The molecule has 0 spiro atoms. The topological polar surface area (TPSA) is 57.6 Å². The third kappa shape index (κ3) is 3.10. The van der Waals surface area contributed by atoms with Gasteiger partial charge < -0.3 is 10.0 Å². The van der Waals surface area contributed by atoms with Crippen molar-refractivity contribution in [3.63, 3.8) is 0 Å². The molecule has 26 heavy (non-hydrogen) atoms. The van der Waals surface area contributed by atoms with Crippen LogP contribution in [0.15, 0.2) is 54.1 Å². The van der Waals surface area contributed by atoms with Crippen LogP contribution in [0.1, 0.15) is 30.5 Å². The van der Waals surface area contributed by atoms with E-state index in [2.05, 4.69) is 0 Å². The molecule has 0 saturated carbocycles. The van der Waals surface area contributed by atoms with Crippen LogP contribution in [0.4, 0.5) is 8.78 Å². The molecule has 1 heterocycles. The van der Waals surface area contributed by atoms with E-state index in [4.69, 9.17) is 0 Å². The highest BCUT2D eigenvalue weighted by molar-refractivity contribution is 6.46. The van der Waals surface area contributed by atoms with Crippen LogP contribution in [0.3, 0.4) is 0 Å². The van der Waals surface area contributed by atoms with Crippen LogP contribution in [0.25, 0.3) is 5.76 Å². The zero-order chi connectivity index (χ0) is 18.8. The summed E-state index contributed by atoms with van der Waals surface area (Å²) in [6, 6.07) is 9.59. The largest absolute Gasteiger partial charge is 0.507 e. The van der Waals surface area contributed by atoms with Crippen molar-refractivity contribution in [1.82, 2.24) is 4.90 Å². The van der Waals surface area contributed by atoms with E-state index < -0.39 is 29.4 Å². The quantitative estimate of drug-likeness (QED) is 0.514. The third-order valence-electron chi connectivity index (χ3n) is 4.31. The first kappa shape index (κ1) is 17.8. The molecule has 3 rings (SSSR count). The van der Waals surface area contributed by atoms with Gasteiger partial charge in [-0.2, -0.15) is 0 Å². The third-order valence-corrected chi connectivity index (χ3v) is 4.31. The number of nitrogens with zero attached hydrogens (tertiary/aromatic N) is 1. The zero-order valence-corrected chi connectivity index (χ0v) is 14.1. The second-order valence-corrected chi connectivity index (χ2v) is 6.05. The maximum Gasteiger partial charge on any atom is 0.295 e. The number of hydrogen-bond donors (Lipinski definition) is 1. The highest BCUT2D eigenvalue weighted by Crippen LogP contribution is 2.39. The fourth-order valence-electron chi connectivity index (χ4n) is 3.11. The summed E-state index contributed by atoms with van der Waals surface area (Å²) in [5, 5.41) is 10.7. The summed E-state index contributed by atoms with van der Waals surface area (Å²) in [5.41, 5.74) is 0.664. The molecule has 1 unspecified atom stereocenters. The number of ketones is 1. The smallest absolute Gasteiger partial charge is 0.295 e. The van der Waals surface area contributed by atoms with Crippen LogP contribution in [0, 0.1) is 11.6 Å². The van der Waals surface area contributed by atoms with E-state index >= 15 is 0 Å². The number of aliphatic hydroxyl groups is 1. The van der Waals surface area contributed by atoms with Crippen molar-refractivity contribution in [2.45, 2.75) is 19.4 Å². The SMILES string of the molecule is CCCN1C(=O)C(=O)/C(=C(\O)c2ccc(F)cc2)C1c1ccc(F)cc1. The predicted octanol–water partition coefficient (Wildman–Crippen LogP) is 3.80. The number of aliphatic hydroxyl groups excluding tert-OH is 1. The number of carbonyl (C=O) groups excluding carboxylic acids is 2. The van der Waals surface area contributed by atoms with Crippen LogP contribution in [-0.4, -0.2) is 28.2 Å². The summed E-state index contributed by atoms with van der Waals surface area (Å²) in [7, 11) is 0. The number of amides is 1. The normalized spacial score (nSPS) is 19.2. The van der Waals surface area contributed by atoms with Crippen molar-refractivity contribution in [2.75, 3.05) is 6.54 Å². The van der Waals surface area contributed by atoms with Crippen molar-refractivity contribution in [2.24, 2.45) is 0 Å². The lowest BCUT2D eigenvalue weighted by Crippen LogP contribution is -2.30. The molecule has 1 N–H and O–H groups in total. The summed E-state index contributed by atoms with van der Waals surface area (Å²) >= 11 is 0. The second kappa shape index (κ2) is 7.07. The van der Waals surface area contributed by atoms with Gasteiger partial charge >= 0.3 is 0 Å². The molecule has 4 nitrogen and oxygen atoms in total. The highest BCUT2D eigenvalue weighted by Gasteiger charge is 2.45. The minimum atomic E-state index is -0.819. The molecule has 1 atom stereocenters. The van der Waals surface area contributed by atoms with Gasteiger partial charge in [0.2, 0.25) is 0 Å². The molecule has 1 amide bonds. The fraction of sp³-hybridized carbons (Fsp3) is 0.200. The predicted molar refractivity (Wildman–Crippen MR) is 92.1 cm³/mol. The standard InChI is InChI=1S/C20H17F2NO3/c1-2-11-23-17(12-3-7-14(21)8-4-12)16(19(25)20(23)26)18(24)13-5-9-15(22)10-6-13/h3-10,17,24H,2,11H2,1H3/b18-16-. The van der Waals surface area contributed by atoms with Gasteiger partial charge in [-0.1, -0.05) is 19.1 Å². The molecule has 0 aliphatic carbocycles. The minimum Gasteiger partial charge on any atom is -0.507 e. The highest BCUT2D eigenvalue weighted by atomic mass is 19.1. The lowest BCUT2D eigenvalue weighted by Gasteiger charge is -2.24. The lowest BCUT2D eigenvalue weighted by atomic mass is 9.95. The van der Waals surface area contributed by atoms with Crippen molar-refractivity contribution in [3.8, 4) is 0 Å². The van der Waals surface area contributed by atoms with Gasteiger partial charge in [0, 0.05) is 12.1 Å². The van der Waals surface area contributed by atoms with Gasteiger partial charge in [0.05, 0.1) is 11.6 Å². The molecular formula is C20H17F2NO3. The van der Waals surface area contributed by atoms with E-state index in [1.165, 1.54) is 41.3 Å². The van der Waals surface area contributed by atoms with E-state index in [1.807, 2.05) is 6.92 Å². The summed E-state index contributed by atoms with van der Waals surface area (Å²) in [4.78, 5) is 26.4. The Kier molecular flexibility index (Phi) is 4.84. The van der Waals surface area contributed by atoms with E-state index in [0.29, 0.717) is 18.5 Å². The Labute approximate surface area is 149 Å². The minimum absolute atomic E-state index is 0.0818. The average Bonchev–Trinajstić information content (AvgIpc) is 2.88. The van der Waals surface area contributed by atoms with Gasteiger partial charge in [0.25, 0.3) is 11.7 Å². The number of hydrogen-bond acceptors (Lipinski definition) is 3. The molecule has 1 saturated heterocycles. The van der Waals surface area contributed by atoms with Gasteiger partial charge in [-0.3, -0.25) is 9.59 Å². The monoisotopic (exact) mass is 357 g/mol. The first-order chi connectivity index (χ1) is 12.4. The number of rotatable bonds is 4. The molecule has 0 aromatic heterocycles. The summed E-state index contributed by atoms with van der Waals surface area (Å²) in [6.07, 6.45) is 0.612. The molecule has 134 valence electrons. The molecule has 0 bridgehead atoms. The van der Waals surface area contributed by atoms with Gasteiger partial charge in [-0.05, 0) is 48.4 Å². The van der Waals surface area contributed by atoms with Crippen LogP contribution >= 0.6 is 0 Å². The van der Waals surface area contributed by atoms with E-state index in [9.17, 15) is 23.5 Å². The van der Waals surface area contributed by atoms with Crippen molar-refractivity contribution in [3.05, 3.63) is 76.9 Å². The lowest BCUT2D eigenvalue weighted by molar-refractivity contribution is -0.139. The molecule has 6 heteroatoms. The second-order valence-electron chi connectivity index (χ2n) is 6.05. The summed E-state index contributed by atoms with van der Waals surface area (Å²) in [5.74, 6) is -2.83. The first-order valence-electron chi connectivity index (χ1n) is 8.24. The Balaban J connectivity index is 2.17. The average molecular weight is 357 g/mol. The van der Waals surface area contributed by atoms with Crippen LogP contribution in [0.5, 0.6) is 0 Å². The Hall–Kier alpha value is -3.02. The molecule has 2 aromatic rings. The van der Waals surface area contributed by atoms with Crippen LogP contribution < -0.4 is 0 Å². The molecular weight excluding hydrogens is 340 g/mol. The van der Waals surface area contributed by atoms with Crippen molar-refractivity contribution in [1.29, 1.82) is 0 Å². The maximum atomic E-state index is 13.3. The van der Waals surface area contributed by atoms with Gasteiger partial charge in [-0.25, -0.2) is 8.78 Å². The first-order valence-corrected chi connectivity index (χ1v) is 8.24.